The van der Waals surface area contributed by atoms with Gasteiger partial charge in [-0.3, -0.25) is 4.98 Å². The lowest BCUT2D eigenvalue weighted by atomic mass is 10.1. The maximum Gasteiger partial charge on any atom is 0.0621 e. The quantitative estimate of drug-likeness (QED) is 0.772. The second kappa shape index (κ2) is 6.38. The lowest BCUT2D eigenvalue weighted by molar-refractivity contribution is 0.198. The van der Waals surface area contributed by atoms with Gasteiger partial charge in [0, 0.05) is 24.3 Å². The maximum atomic E-state index is 5.98. The first kappa shape index (κ1) is 12.0. The molecule has 0 aliphatic carbocycles. The Balaban J connectivity index is 2.41. The van der Waals surface area contributed by atoms with E-state index in [0.717, 1.165) is 30.0 Å². The van der Waals surface area contributed by atoms with Gasteiger partial charge in [0.05, 0.1) is 11.6 Å². The van der Waals surface area contributed by atoms with Crippen molar-refractivity contribution in [3.8, 4) is 0 Å². The number of ether oxygens (including phenoxy) is 1. The van der Waals surface area contributed by atoms with E-state index in [1.807, 2.05) is 6.07 Å². The molecule has 4 heteroatoms. The molecule has 1 rings (SSSR count). The zero-order valence-corrected chi connectivity index (χ0v) is 10.4. The number of halogens is 2. The lowest BCUT2D eigenvalue weighted by Crippen LogP contribution is -2.07. The van der Waals surface area contributed by atoms with Gasteiger partial charge in [-0.15, -0.1) is 0 Å². The molecule has 2 nitrogen and oxygen atoms in total. The summed E-state index contributed by atoms with van der Waals surface area (Å²) in [6.07, 6.45) is 5.40. The van der Waals surface area contributed by atoms with Crippen LogP contribution in [-0.2, 0) is 11.2 Å². The highest BCUT2D eigenvalue weighted by atomic mass is 79.9. The van der Waals surface area contributed by atoms with Gasteiger partial charge in [0.2, 0.25) is 0 Å². The van der Waals surface area contributed by atoms with Crippen molar-refractivity contribution < 1.29 is 4.74 Å². The third-order valence-electron chi connectivity index (χ3n) is 1.93. The van der Waals surface area contributed by atoms with Crippen LogP contribution in [0.1, 0.15) is 12.0 Å². The standard InChI is InChI=1S/C10H13BrClNO/c1-14-7-9(11)3-2-8-4-5-13-6-10(8)12/h4-6,9H,2-3,7H2,1H3. The highest BCUT2D eigenvalue weighted by Crippen LogP contribution is 2.17. The Morgan fingerprint density at radius 3 is 3.07 bits per heavy atom. The molecule has 0 amide bonds. The number of aryl methyl sites for hydroxylation is 1. The minimum Gasteiger partial charge on any atom is -0.384 e. The van der Waals surface area contributed by atoms with Gasteiger partial charge in [-0.05, 0) is 24.5 Å². The normalized spacial score (nSPS) is 12.8. The topological polar surface area (TPSA) is 22.1 Å². The summed E-state index contributed by atoms with van der Waals surface area (Å²) in [5.41, 5.74) is 1.14. The molecule has 0 N–H and O–H groups in total. The van der Waals surface area contributed by atoms with E-state index in [0.29, 0.717) is 4.83 Å². The van der Waals surface area contributed by atoms with Crippen LogP contribution >= 0.6 is 27.5 Å². The number of hydrogen-bond donors (Lipinski definition) is 0. The summed E-state index contributed by atoms with van der Waals surface area (Å²) in [6, 6.07) is 1.95. The molecular weight excluding hydrogens is 265 g/mol. The molecule has 0 aliphatic heterocycles. The number of pyridine rings is 1. The third kappa shape index (κ3) is 3.95. The van der Waals surface area contributed by atoms with Crippen LogP contribution in [0, 0.1) is 0 Å². The highest BCUT2D eigenvalue weighted by molar-refractivity contribution is 9.09. The Hall–Kier alpha value is -0.120. The van der Waals surface area contributed by atoms with E-state index >= 15 is 0 Å². The smallest absolute Gasteiger partial charge is 0.0621 e. The van der Waals surface area contributed by atoms with Gasteiger partial charge in [0.15, 0.2) is 0 Å². The average molecular weight is 279 g/mol. The third-order valence-corrected chi connectivity index (χ3v) is 2.99. The Morgan fingerprint density at radius 2 is 2.43 bits per heavy atom. The largest absolute Gasteiger partial charge is 0.384 e. The molecule has 1 aromatic heterocycles. The number of nitrogens with zero attached hydrogens (tertiary/aromatic N) is 1. The van der Waals surface area contributed by atoms with Crippen LogP contribution in [0.5, 0.6) is 0 Å². The zero-order valence-electron chi connectivity index (χ0n) is 8.04. The zero-order chi connectivity index (χ0) is 10.4. The molecule has 1 atom stereocenters. The summed E-state index contributed by atoms with van der Waals surface area (Å²) in [5.74, 6) is 0. The average Bonchev–Trinajstić information content (AvgIpc) is 2.17. The molecule has 0 aliphatic rings. The van der Waals surface area contributed by atoms with Gasteiger partial charge in [0.1, 0.15) is 0 Å². The predicted octanol–water partition coefficient (Wildman–Crippen LogP) is 3.08. The summed E-state index contributed by atoms with van der Waals surface area (Å²) >= 11 is 9.51. The number of aromatic nitrogens is 1. The van der Waals surface area contributed by atoms with Gasteiger partial charge in [0.25, 0.3) is 0 Å². The first-order chi connectivity index (χ1) is 6.74. The van der Waals surface area contributed by atoms with Gasteiger partial charge in [-0.25, -0.2) is 0 Å². The Morgan fingerprint density at radius 1 is 1.64 bits per heavy atom. The summed E-state index contributed by atoms with van der Waals surface area (Å²) in [6.45, 7) is 0.725. The monoisotopic (exact) mass is 277 g/mol. The molecule has 1 heterocycles. The SMILES string of the molecule is COCC(Br)CCc1ccncc1Cl. The minimum atomic E-state index is 0.386. The molecule has 0 bridgehead atoms. The van der Waals surface area contributed by atoms with Gasteiger partial charge in [-0.1, -0.05) is 27.5 Å². The summed E-state index contributed by atoms with van der Waals surface area (Å²) in [4.78, 5) is 4.33. The molecule has 0 fully saturated rings. The van der Waals surface area contributed by atoms with Crippen molar-refractivity contribution in [2.45, 2.75) is 17.7 Å². The van der Waals surface area contributed by atoms with Crippen LogP contribution in [0.2, 0.25) is 5.02 Å². The second-order valence-corrected chi connectivity index (χ2v) is 4.76. The van der Waals surface area contributed by atoms with Gasteiger partial charge in [-0.2, -0.15) is 0 Å². The second-order valence-electron chi connectivity index (χ2n) is 3.06. The van der Waals surface area contributed by atoms with Crippen molar-refractivity contribution in [1.82, 2.24) is 4.98 Å². The fraction of sp³-hybridized carbons (Fsp3) is 0.500. The highest BCUT2D eigenvalue weighted by Gasteiger charge is 2.05. The van der Waals surface area contributed by atoms with E-state index in [2.05, 4.69) is 20.9 Å². The fourth-order valence-corrected chi connectivity index (χ4v) is 1.89. The van der Waals surface area contributed by atoms with Crippen molar-refractivity contribution in [3.05, 3.63) is 29.0 Å². The van der Waals surface area contributed by atoms with Crippen LogP contribution in [0.4, 0.5) is 0 Å². The minimum absolute atomic E-state index is 0.386. The van der Waals surface area contributed by atoms with Gasteiger partial charge < -0.3 is 4.74 Å². The van der Waals surface area contributed by atoms with Crippen molar-refractivity contribution >= 4 is 27.5 Å². The molecular formula is C10H13BrClNO. The molecule has 1 aromatic rings. The number of hydrogen-bond acceptors (Lipinski definition) is 2. The Bertz CT molecular complexity index is 283. The molecule has 0 aromatic carbocycles. The Kier molecular flexibility index (Phi) is 5.45. The van der Waals surface area contributed by atoms with E-state index in [9.17, 15) is 0 Å². The summed E-state index contributed by atoms with van der Waals surface area (Å²) in [5, 5.41) is 0.740. The molecule has 78 valence electrons. The molecule has 0 spiro atoms. The molecule has 14 heavy (non-hydrogen) atoms. The molecule has 1 unspecified atom stereocenters. The van der Waals surface area contributed by atoms with E-state index < -0.39 is 0 Å². The predicted molar refractivity (Wildman–Crippen MR) is 62.2 cm³/mol. The van der Waals surface area contributed by atoms with Crippen molar-refractivity contribution in [2.75, 3.05) is 13.7 Å². The van der Waals surface area contributed by atoms with Crippen molar-refractivity contribution in [2.24, 2.45) is 0 Å². The lowest BCUT2D eigenvalue weighted by Gasteiger charge is -2.08. The summed E-state index contributed by atoms with van der Waals surface area (Å²) < 4.78 is 5.03. The van der Waals surface area contributed by atoms with Crippen LogP contribution < -0.4 is 0 Å². The van der Waals surface area contributed by atoms with Crippen LogP contribution in [0.15, 0.2) is 18.5 Å². The van der Waals surface area contributed by atoms with Crippen LogP contribution in [0.25, 0.3) is 0 Å². The van der Waals surface area contributed by atoms with Crippen LogP contribution in [0.3, 0.4) is 0 Å². The molecule has 0 saturated carbocycles. The van der Waals surface area contributed by atoms with E-state index in [4.69, 9.17) is 16.3 Å². The van der Waals surface area contributed by atoms with Crippen molar-refractivity contribution in [3.63, 3.8) is 0 Å². The fourth-order valence-electron chi connectivity index (χ4n) is 1.18. The van der Waals surface area contributed by atoms with E-state index in [-0.39, 0.29) is 0 Å². The number of rotatable bonds is 5. The Labute approximate surface area is 97.8 Å². The first-order valence-electron chi connectivity index (χ1n) is 4.45. The number of alkyl halides is 1. The molecule has 0 saturated heterocycles. The van der Waals surface area contributed by atoms with Crippen molar-refractivity contribution in [1.29, 1.82) is 0 Å². The maximum absolute atomic E-state index is 5.98. The summed E-state index contributed by atoms with van der Waals surface area (Å²) in [7, 11) is 1.70. The van der Waals surface area contributed by atoms with E-state index in [1.54, 1.807) is 19.5 Å². The number of methoxy groups -OCH3 is 1. The van der Waals surface area contributed by atoms with Gasteiger partial charge >= 0.3 is 0 Å². The first-order valence-corrected chi connectivity index (χ1v) is 5.74. The van der Waals surface area contributed by atoms with E-state index in [1.165, 1.54) is 0 Å². The van der Waals surface area contributed by atoms with Crippen LogP contribution in [-0.4, -0.2) is 23.5 Å². The molecule has 0 radical (unpaired) electrons.